The highest BCUT2D eigenvalue weighted by Crippen LogP contribution is 2.21. The predicted molar refractivity (Wildman–Crippen MR) is 136 cm³/mol. The number of aliphatic hydroxyl groups excluding tert-OH is 1. The summed E-state index contributed by atoms with van der Waals surface area (Å²) in [6.45, 7) is 2.98. The van der Waals surface area contributed by atoms with Gasteiger partial charge in [-0.05, 0) is 35.7 Å². The minimum Gasteiger partial charge on any atom is -0.489 e. The Morgan fingerprint density at radius 1 is 1.19 bits per heavy atom. The standard InChI is InChI=1S/C28H31FN4O4/c1-19(34)32-25(14-22-12-23(29)15-24(13-22)37-18-21-8-5-9-30-16-21)27(35)26-28(36)33(11-10-31-26)17-20-6-3-2-4-7-20/h2-9,12-13,15-16,25-27,31,35H,10-11,14,17-18H2,1H3,(H,32,34)/t25-,26-,27-/m0/s1. The Bertz CT molecular complexity index is 1200. The SMILES string of the molecule is CC(=O)N[C@@H](Cc1cc(F)cc(OCc2cccnc2)c1)[C@H](O)[C@@H]1NCCN(Cc2ccccc2)C1=O. The average molecular weight is 507 g/mol. The van der Waals surface area contributed by atoms with Crippen LogP contribution in [0.15, 0.2) is 73.1 Å². The molecule has 0 aliphatic carbocycles. The van der Waals surface area contributed by atoms with Crippen LogP contribution in [0, 0.1) is 5.82 Å². The third-order valence-electron chi connectivity index (χ3n) is 6.20. The minimum absolute atomic E-state index is 0.103. The van der Waals surface area contributed by atoms with Gasteiger partial charge in [-0.25, -0.2) is 4.39 Å². The van der Waals surface area contributed by atoms with Gasteiger partial charge in [0.1, 0.15) is 24.2 Å². The number of benzene rings is 2. The summed E-state index contributed by atoms with van der Waals surface area (Å²) in [5.41, 5.74) is 2.34. The highest BCUT2D eigenvalue weighted by molar-refractivity contribution is 5.83. The zero-order valence-corrected chi connectivity index (χ0v) is 20.6. The van der Waals surface area contributed by atoms with E-state index in [0.717, 1.165) is 11.1 Å². The molecule has 1 saturated heterocycles. The third-order valence-corrected chi connectivity index (χ3v) is 6.20. The Hall–Kier alpha value is -3.82. The van der Waals surface area contributed by atoms with Crippen molar-refractivity contribution in [2.45, 2.75) is 44.7 Å². The fraction of sp³-hybridized carbons (Fsp3) is 0.321. The van der Waals surface area contributed by atoms with Crippen molar-refractivity contribution in [1.29, 1.82) is 0 Å². The fourth-order valence-electron chi connectivity index (χ4n) is 4.45. The molecule has 2 amide bonds. The van der Waals surface area contributed by atoms with Crippen LogP contribution < -0.4 is 15.4 Å². The molecule has 0 unspecified atom stereocenters. The van der Waals surface area contributed by atoms with E-state index >= 15 is 0 Å². The highest BCUT2D eigenvalue weighted by Gasteiger charge is 2.38. The van der Waals surface area contributed by atoms with E-state index in [2.05, 4.69) is 15.6 Å². The molecule has 1 aliphatic rings. The summed E-state index contributed by atoms with van der Waals surface area (Å²) in [6, 6.07) is 15.8. The molecule has 9 heteroatoms. The number of nitrogens with zero attached hydrogens (tertiary/aromatic N) is 2. The molecule has 0 spiro atoms. The van der Waals surface area contributed by atoms with E-state index in [9.17, 15) is 19.1 Å². The van der Waals surface area contributed by atoms with E-state index in [0.29, 0.717) is 30.9 Å². The van der Waals surface area contributed by atoms with Gasteiger partial charge in [-0.15, -0.1) is 0 Å². The van der Waals surface area contributed by atoms with E-state index in [1.807, 2.05) is 36.4 Å². The number of piperazine rings is 1. The Balaban J connectivity index is 1.47. The van der Waals surface area contributed by atoms with Crippen molar-refractivity contribution in [1.82, 2.24) is 20.5 Å². The normalized spacial score (nSPS) is 17.2. The molecule has 1 aliphatic heterocycles. The first kappa shape index (κ1) is 26.2. The number of ether oxygens (including phenoxy) is 1. The zero-order chi connectivity index (χ0) is 26.2. The van der Waals surface area contributed by atoms with Gasteiger partial charge in [0.2, 0.25) is 11.8 Å². The minimum atomic E-state index is -1.24. The van der Waals surface area contributed by atoms with Gasteiger partial charge < -0.3 is 25.4 Å². The lowest BCUT2D eigenvalue weighted by molar-refractivity contribution is -0.141. The monoisotopic (exact) mass is 506 g/mol. The van der Waals surface area contributed by atoms with Gasteiger partial charge in [-0.3, -0.25) is 14.6 Å². The lowest BCUT2D eigenvalue weighted by Crippen LogP contribution is -2.63. The summed E-state index contributed by atoms with van der Waals surface area (Å²) in [4.78, 5) is 30.9. The summed E-state index contributed by atoms with van der Waals surface area (Å²) in [5.74, 6) is -0.804. The highest BCUT2D eigenvalue weighted by atomic mass is 19.1. The second-order valence-electron chi connectivity index (χ2n) is 9.12. The molecule has 1 aromatic heterocycles. The first-order chi connectivity index (χ1) is 17.9. The lowest BCUT2D eigenvalue weighted by atomic mass is 9.94. The van der Waals surface area contributed by atoms with Crippen molar-refractivity contribution in [3.63, 3.8) is 0 Å². The Morgan fingerprint density at radius 3 is 2.70 bits per heavy atom. The van der Waals surface area contributed by atoms with Crippen molar-refractivity contribution >= 4 is 11.8 Å². The van der Waals surface area contributed by atoms with Crippen LogP contribution >= 0.6 is 0 Å². The molecule has 8 nitrogen and oxygen atoms in total. The summed E-state index contributed by atoms with van der Waals surface area (Å²) >= 11 is 0. The van der Waals surface area contributed by atoms with Crippen LogP contribution in [0.2, 0.25) is 0 Å². The number of hydrogen-bond donors (Lipinski definition) is 3. The number of carbonyl (C=O) groups excluding carboxylic acids is 2. The van der Waals surface area contributed by atoms with Crippen molar-refractivity contribution in [3.8, 4) is 5.75 Å². The molecule has 0 radical (unpaired) electrons. The van der Waals surface area contributed by atoms with Crippen LogP contribution in [-0.4, -0.2) is 58.1 Å². The number of aromatic nitrogens is 1. The molecule has 3 atom stereocenters. The van der Waals surface area contributed by atoms with E-state index in [4.69, 9.17) is 4.74 Å². The largest absolute Gasteiger partial charge is 0.489 e. The molecule has 37 heavy (non-hydrogen) atoms. The number of rotatable bonds is 10. The van der Waals surface area contributed by atoms with Gasteiger partial charge in [0.05, 0.1) is 12.1 Å². The van der Waals surface area contributed by atoms with E-state index in [1.54, 1.807) is 29.4 Å². The molecule has 4 rings (SSSR count). The second-order valence-corrected chi connectivity index (χ2v) is 9.12. The number of halogens is 1. The molecule has 1 fully saturated rings. The Morgan fingerprint density at radius 2 is 1.97 bits per heavy atom. The average Bonchev–Trinajstić information content (AvgIpc) is 2.89. The van der Waals surface area contributed by atoms with E-state index in [1.165, 1.54) is 19.1 Å². The number of hydrogen-bond acceptors (Lipinski definition) is 6. The molecular formula is C28H31FN4O4. The predicted octanol–water partition coefficient (Wildman–Crippen LogP) is 2.21. The number of carbonyl (C=O) groups is 2. The molecule has 2 aromatic carbocycles. The van der Waals surface area contributed by atoms with Gasteiger partial charge in [-0.1, -0.05) is 36.4 Å². The fourth-order valence-corrected chi connectivity index (χ4v) is 4.45. The molecule has 0 saturated carbocycles. The van der Waals surface area contributed by atoms with Crippen molar-refractivity contribution in [2.75, 3.05) is 13.1 Å². The summed E-state index contributed by atoms with van der Waals surface area (Å²) in [7, 11) is 0. The second kappa shape index (κ2) is 12.4. The van der Waals surface area contributed by atoms with Crippen LogP contribution in [0.1, 0.15) is 23.6 Å². The van der Waals surface area contributed by atoms with Crippen LogP contribution in [0.3, 0.4) is 0 Å². The van der Waals surface area contributed by atoms with Crippen LogP contribution in [-0.2, 0) is 29.2 Å². The van der Waals surface area contributed by atoms with Crippen molar-refractivity contribution < 1.29 is 23.8 Å². The van der Waals surface area contributed by atoms with Crippen molar-refractivity contribution in [3.05, 3.63) is 95.6 Å². The first-order valence-electron chi connectivity index (χ1n) is 12.2. The Kier molecular flexibility index (Phi) is 8.81. The molecule has 3 N–H and O–H groups in total. The third kappa shape index (κ3) is 7.34. The Labute approximate surface area is 215 Å². The number of amides is 2. The maximum atomic E-state index is 14.4. The quantitative estimate of drug-likeness (QED) is 0.390. The number of pyridine rings is 1. The van der Waals surface area contributed by atoms with E-state index < -0.39 is 24.0 Å². The molecular weight excluding hydrogens is 475 g/mol. The van der Waals surface area contributed by atoms with Gasteiger partial charge in [0, 0.05) is 50.6 Å². The van der Waals surface area contributed by atoms with Crippen molar-refractivity contribution in [2.24, 2.45) is 0 Å². The van der Waals surface area contributed by atoms with Crippen LogP contribution in [0.5, 0.6) is 5.75 Å². The molecule has 194 valence electrons. The number of aliphatic hydroxyl groups is 1. The summed E-state index contributed by atoms with van der Waals surface area (Å²) in [6.07, 6.45) is 2.19. The zero-order valence-electron chi connectivity index (χ0n) is 20.6. The topological polar surface area (TPSA) is 104 Å². The number of nitrogens with one attached hydrogen (secondary N) is 2. The first-order valence-corrected chi connectivity index (χ1v) is 12.2. The van der Waals surface area contributed by atoms with Gasteiger partial charge in [-0.2, -0.15) is 0 Å². The van der Waals surface area contributed by atoms with Gasteiger partial charge >= 0.3 is 0 Å². The maximum Gasteiger partial charge on any atom is 0.242 e. The van der Waals surface area contributed by atoms with E-state index in [-0.39, 0.29) is 24.8 Å². The molecule has 0 bridgehead atoms. The summed E-state index contributed by atoms with van der Waals surface area (Å²) in [5, 5.41) is 17.1. The maximum absolute atomic E-state index is 14.4. The van der Waals surface area contributed by atoms with Crippen LogP contribution in [0.4, 0.5) is 4.39 Å². The van der Waals surface area contributed by atoms with Crippen LogP contribution in [0.25, 0.3) is 0 Å². The molecule has 2 heterocycles. The van der Waals surface area contributed by atoms with Gasteiger partial charge in [0.25, 0.3) is 0 Å². The summed E-state index contributed by atoms with van der Waals surface area (Å²) < 4.78 is 20.2. The lowest BCUT2D eigenvalue weighted by Gasteiger charge is -2.38. The smallest absolute Gasteiger partial charge is 0.242 e. The molecule has 3 aromatic rings. The van der Waals surface area contributed by atoms with Gasteiger partial charge in [0.15, 0.2) is 0 Å².